The van der Waals surface area contributed by atoms with Crippen molar-refractivity contribution in [3.8, 4) is 0 Å². The lowest BCUT2D eigenvalue weighted by atomic mass is 9.85. The molecule has 2 N–H and O–H groups in total. The predicted molar refractivity (Wildman–Crippen MR) is 63.7 cm³/mol. The van der Waals surface area contributed by atoms with Crippen molar-refractivity contribution in [3.05, 3.63) is 22.2 Å². The molecule has 1 atom stereocenters. The Hall–Kier alpha value is -0.480. The van der Waals surface area contributed by atoms with Crippen LogP contribution in [0.1, 0.15) is 43.6 Å². The molecule has 1 heterocycles. The van der Waals surface area contributed by atoms with Crippen LogP contribution in [0.3, 0.4) is 0 Å². The Balaban J connectivity index is 2.19. The van der Waals surface area contributed by atoms with Gasteiger partial charge in [0.1, 0.15) is 5.82 Å². The molecule has 0 aliphatic heterocycles. The van der Waals surface area contributed by atoms with Crippen LogP contribution < -0.4 is 5.73 Å². The van der Waals surface area contributed by atoms with Gasteiger partial charge in [0, 0.05) is 24.6 Å². The number of hydrogen-bond donors (Lipinski definition) is 1. The molecule has 1 aliphatic rings. The van der Waals surface area contributed by atoms with Gasteiger partial charge in [-0.05, 0) is 35.7 Å². The van der Waals surface area contributed by atoms with Crippen molar-refractivity contribution in [1.82, 2.24) is 9.97 Å². The standard InChI is InChI=1S/C11H16BrN3/c1-7(13)5-10-9(12)6-14-11(15-10)8-3-2-4-8/h6-8H,2-5,13H2,1H3. The average molecular weight is 270 g/mol. The molecule has 1 fully saturated rings. The van der Waals surface area contributed by atoms with Gasteiger partial charge in [-0.15, -0.1) is 0 Å². The Labute approximate surface area is 98.6 Å². The molecule has 0 radical (unpaired) electrons. The molecule has 0 bridgehead atoms. The maximum Gasteiger partial charge on any atom is 0.131 e. The third kappa shape index (κ3) is 2.55. The SMILES string of the molecule is CC(N)Cc1nc(C2CCC2)ncc1Br. The van der Waals surface area contributed by atoms with E-state index < -0.39 is 0 Å². The molecule has 0 aromatic carbocycles. The van der Waals surface area contributed by atoms with E-state index in [1.54, 1.807) is 0 Å². The maximum atomic E-state index is 5.78. The molecule has 1 aromatic heterocycles. The van der Waals surface area contributed by atoms with Crippen molar-refractivity contribution in [2.75, 3.05) is 0 Å². The summed E-state index contributed by atoms with van der Waals surface area (Å²) >= 11 is 3.47. The molecular weight excluding hydrogens is 254 g/mol. The van der Waals surface area contributed by atoms with Crippen LogP contribution in [0.5, 0.6) is 0 Å². The zero-order valence-corrected chi connectivity index (χ0v) is 10.5. The van der Waals surface area contributed by atoms with E-state index in [9.17, 15) is 0 Å². The highest BCUT2D eigenvalue weighted by atomic mass is 79.9. The van der Waals surface area contributed by atoms with Gasteiger partial charge in [0.15, 0.2) is 0 Å². The molecule has 1 aliphatic carbocycles. The average Bonchev–Trinajstić information content (AvgIpc) is 2.07. The lowest BCUT2D eigenvalue weighted by Crippen LogP contribution is -2.20. The van der Waals surface area contributed by atoms with Crippen LogP contribution in [-0.2, 0) is 6.42 Å². The van der Waals surface area contributed by atoms with E-state index >= 15 is 0 Å². The molecule has 1 saturated carbocycles. The normalized spacial score (nSPS) is 18.6. The Bertz CT molecular complexity index is 348. The number of nitrogens with two attached hydrogens (primary N) is 1. The van der Waals surface area contributed by atoms with Gasteiger partial charge in [0.2, 0.25) is 0 Å². The van der Waals surface area contributed by atoms with Crippen molar-refractivity contribution in [2.45, 2.75) is 44.6 Å². The first-order chi connectivity index (χ1) is 7.16. The number of halogens is 1. The van der Waals surface area contributed by atoms with Crippen LogP contribution >= 0.6 is 15.9 Å². The number of aromatic nitrogens is 2. The fourth-order valence-corrected chi connectivity index (χ4v) is 2.08. The number of hydrogen-bond acceptors (Lipinski definition) is 3. The van der Waals surface area contributed by atoms with Gasteiger partial charge in [0.05, 0.1) is 10.2 Å². The van der Waals surface area contributed by atoms with E-state index in [-0.39, 0.29) is 6.04 Å². The van der Waals surface area contributed by atoms with Gasteiger partial charge < -0.3 is 5.73 Å². The van der Waals surface area contributed by atoms with Crippen LogP contribution in [0, 0.1) is 0 Å². The van der Waals surface area contributed by atoms with E-state index in [1.807, 2.05) is 13.1 Å². The number of rotatable bonds is 3. The van der Waals surface area contributed by atoms with Gasteiger partial charge >= 0.3 is 0 Å². The Morgan fingerprint density at radius 3 is 2.87 bits per heavy atom. The van der Waals surface area contributed by atoms with Crippen LogP contribution in [0.25, 0.3) is 0 Å². The molecule has 1 aromatic rings. The van der Waals surface area contributed by atoms with Crippen LogP contribution in [-0.4, -0.2) is 16.0 Å². The quantitative estimate of drug-likeness (QED) is 0.917. The van der Waals surface area contributed by atoms with Crippen molar-refractivity contribution < 1.29 is 0 Å². The minimum atomic E-state index is 0.144. The molecule has 82 valence electrons. The van der Waals surface area contributed by atoms with Crippen LogP contribution in [0.15, 0.2) is 10.7 Å². The first kappa shape index (κ1) is 11.0. The molecule has 4 heteroatoms. The van der Waals surface area contributed by atoms with E-state index in [0.29, 0.717) is 5.92 Å². The second-order valence-corrected chi connectivity index (χ2v) is 5.19. The summed E-state index contributed by atoms with van der Waals surface area (Å²) in [5.41, 5.74) is 6.83. The minimum absolute atomic E-state index is 0.144. The van der Waals surface area contributed by atoms with Gasteiger partial charge in [-0.3, -0.25) is 0 Å². The Kier molecular flexibility index (Phi) is 3.36. The summed E-state index contributed by atoms with van der Waals surface area (Å²) in [4.78, 5) is 8.97. The van der Waals surface area contributed by atoms with E-state index in [0.717, 1.165) is 22.4 Å². The highest BCUT2D eigenvalue weighted by molar-refractivity contribution is 9.10. The van der Waals surface area contributed by atoms with Gasteiger partial charge in [0.25, 0.3) is 0 Å². The van der Waals surface area contributed by atoms with Gasteiger partial charge in [-0.2, -0.15) is 0 Å². The molecule has 0 spiro atoms. The molecule has 1 unspecified atom stereocenters. The van der Waals surface area contributed by atoms with E-state index in [2.05, 4.69) is 25.9 Å². The predicted octanol–water partition coefficient (Wildman–Crippen LogP) is 2.40. The minimum Gasteiger partial charge on any atom is -0.328 e. The zero-order valence-electron chi connectivity index (χ0n) is 8.91. The monoisotopic (exact) mass is 269 g/mol. The Morgan fingerprint density at radius 1 is 1.60 bits per heavy atom. The van der Waals surface area contributed by atoms with Crippen LogP contribution in [0.4, 0.5) is 0 Å². The van der Waals surface area contributed by atoms with Gasteiger partial charge in [-0.1, -0.05) is 6.42 Å². The van der Waals surface area contributed by atoms with Crippen molar-refractivity contribution in [3.63, 3.8) is 0 Å². The maximum absolute atomic E-state index is 5.78. The largest absolute Gasteiger partial charge is 0.328 e. The fourth-order valence-electron chi connectivity index (χ4n) is 1.73. The summed E-state index contributed by atoms with van der Waals surface area (Å²) in [5, 5.41) is 0. The summed E-state index contributed by atoms with van der Waals surface area (Å²) in [5.74, 6) is 1.59. The second kappa shape index (κ2) is 4.58. The molecule has 3 nitrogen and oxygen atoms in total. The summed E-state index contributed by atoms with van der Waals surface area (Å²) < 4.78 is 0.975. The molecule has 15 heavy (non-hydrogen) atoms. The third-order valence-electron chi connectivity index (χ3n) is 2.82. The lowest BCUT2D eigenvalue weighted by Gasteiger charge is -2.24. The highest BCUT2D eigenvalue weighted by Gasteiger charge is 2.22. The summed E-state index contributed by atoms with van der Waals surface area (Å²) in [7, 11) is 0. The molecule has 2 rings (SSSR count). The topological polar surface area (TPSA) is 51.8 Å². The lowest BCUT2D eigenvalue weighted by molar-refractivity contribution is 0.399. The first-order valence-electron chi connectivity index (χ1n) is 5.43. The van der Waals surface area contributed by atoms with E-state index in [4.69, 9.17) is 5.73 Å². The summed E-state index contributed by atoms with van der Waals surface area (Å²) in [6, 6.07) is 0.144. The second-order valence-electron chi connectivity index (χ2n) is 4.33. The third-order valence-corrected chi connectivity index (χ3v) is 3.48. The number of nitrogens with zero attached hydrogens (tertiary/aromatic N) is 2. The molecule has 0 saturated heterocycles. The van der Waals surface area contributed by atoms with Crippen molar-refractivity contribution in [1.29, 1.82) is 0 Å². The fraction of sp³-hybridized carbons (Fsp3) is 0.636. The van der Waals surface area contributed by atoms with E-state index in [1.165, 1.54) is 19.3 Å². The summed E-state index contributed by atoms with van der Waals surface area (Å²) in [6.07, 6.45) is 6.45. The molecule has 0 amide bonds. The van der Waals surface area contributed by atoms with Crippen molar-refractivity contribution >= 4 is 15.9 Å². The first-order valence-corrected chi connectivity index (χ1v) is 6.23. The van der Waals surface area contributed by atoms with Crippen LogP contribution in [0.2, 0.25) is 0 Å². The smallest absolute Gasteiger partial charge is 0.131 e. The van der Waals surface area contributed by atoms with Crippen molar-refractivity contribution in [2.24, 2.45) is 5.73 Å². The molecular formula is C11H16BrN3. The summed E-state index contributed by atoms with van der Waals surface area (Å²) in [6.45, 7) is 2.00. The zero-order chi connectivity index (χ0) is 10.8. The Morgan fingerprint density at radius 2 is 2.33 bits per heavy atom. The highest BCUT2D eigenvalue weighted by Crippen LogP contribution is 2.34. The van der Waals surface area contributed by atoms with Gasteiger partial charge in [-0.25, -0.2) is 9.97 Å².